The zero-order chi connectivity index (χ0) is 25.8. The molecule has 2 N–H and O–H groups in total. The van der Waals surface area contributed by atoms with Crippen molar-refractivity contribution in [1.29, 1.82) is 5.26 Å². The zero-order valence-electron chi connectivity index (χ0n) is 21.9. The van der Waals surface area contributed by atoms with E-state index in [1.807, 2.05) is 31.2 Å². The van der Waals surface area contributed by atoms with Gasteiger partial charge >= 0.3 is 0 Å². The molecule has 0 unspecified atom stereocenters. The first-order chi connectivity index (χ1) is 16.6. The van der Waals surface area contributed by atoms with E-state index in [2.05, 4.69) is 83.0 Å². The molecule has 0 fully saturated rings. The topological polar surface area (TPSA) is 62.2 Å². The van der Waals surface area contributed by atoms with Crippen LogP contribution in [-0.2, 0) is 11.0 Å². The van der Waals surface area contributed by atoms with Crippen molar-refractivity contribution in [2.24, 2.45) is 10.7 Å². The van der Waals surface area contributed by atoms with E-state index in [4.69, 9.17) is 10.7 Å². The molecule has 3 rings (SSSR count). The highest BCUT2D eigenvalue weighted by Crippen LogP contribution is 2.50. The maximum Gasteiger partial charge on any atom is 0.107 e. The van der Waals surface area contributed by atoms with E-state index in [9.17, 15) is 5.26 Å². The molecule has 4 heteroatoms. The summed E-state index contributed by atoms with van der Waals surface area (Å²) in [7, 11) is 0. The predicted molar refractivity (Wildman–Crippen MR) is 151 cm³/mol. The number of hydrogen-bond acceptors (Lipinski definition) is 3. The largest absolute Gasteiger partial charge is 0.388 e. The fourth-order valence-corrected chi connectivity index (χ4v) is 5.98. The summed E-state index contributed by atoms with van der Waals surface area (Å²) in [6.07, 6.45) is 1.86. The van der Waals surface area contributed by atoms with Crippen molar-refractivity contribution in [3.63, 3.8) is 0 Å². The van der Waals surface area contributed by atoms with Crippen LogP contribution in [0.15, 0.2) is 77.1 Å². The summed E-state index contributed by atoms with van der Waals surface area (Å²) in [4.78, 5) is 6.26. The molecule has 0 radical (unpaired) electrons. The van der Waals surface area contributed by atoms with Crippen LogP contribution in [0.5, 0.6) is 0 Å². The Labute approximate surface area is 215 Å². The first kappa shape index (κ1) is 26.4. The molecule has 0 spiro atoms. The maximum absolute atomic E-state index is 9.34. The number of nitrogens with two attached hydrogens (primary N) is 1. The number of rotatable bonds is 9. The summed E-state index contributed by atoms with van der Waals surface area (Å²) in [5, 5.41) is 11.5. The SMILES string of the molecule is C=C(C)[C@H](c1ccc(C(C)(C)CC)cc1)[C@](CC)(N=C(C)N)c1cc(-c2cccc(C#N)c2)cs1. The number of benzene rings is 2. The second kappa shape index (κ2) is 10.6. The highest BCUT2D eigenvalue weighted by atomic mass is 32.1. The Bertz CT molecular complexity index is 1250. The average molecular weight is 484 g/mol. The second-order valence-electron chi connectivity index (χ2n) is 10.1. The van der Waals surface area contributed by atoms with Crippen molar-refractivity contribution in [2.75, 3.05) is 0 Å². The van der Waals surface area contributed by atoms with E-state index in [1.54, 1.807) is 11.3 Å². The molecule has 2 atom stereocenters. The number of nitrogens with zero attached hydrogens (tertiary/aromatic N) is 2. The summed E-state index contributed by atoms with van der Waals surface area (Å²) in [6.45, 7) is 17.3. The lowest BCUT2D eigenvalue weighted by atomic mass is 9.72. The third-order valence-corrected chi connectivity index (χ3v) is 8.24. The van der Waals surface area contributed by atoms with Crippen molar-refractivity contribution in [3.8, 4) is 17.2 Å². The molecule has 0 amide bonds. The van der Waals surface area contributed by atoms with E-state index in [-0.39, 0.29) is 11.3 Å². The van der Waals surface area contributed by atoms with Gasteiger partial charge in [0.2, 0.25) is 0 Å². The smallest absolute Gasteiger partial charge is 0.107 e. The molecule has 182 valence electrons. The van der Waals surface area contributed by atoms with Crippen molar-refractivity contribution in [3.05, 3.63) is 93.7 Å². The number of amidine groups is 1. The molecule has 1 aromatic heterocycles. The van der Waals surface area contributed by atoms with E-state index in [0.717, 1.165) is 34.4 Å². The summed E-state index contributed by atoms with van der Waals surface area (Å²) in [6, 6.07) is 21.2. The van der Waals surface area contributed by atoms with Gasteiger partial charge in [-0.25, -0.2) is 0 Å². The Morgan fingerprint density at radius 1 is 1.06 bits per heavy atom. The molecule has 0 aliphatic rings. The van der Waals surface area contributed by atoms with Crippen LogP contribution in [0, 0.1) is 11.3 Å². The first-order valence-corrected chi connectivity index (χ1v) is 13.1. The van der Waals surface area contributed by atoms with Gasteiger partial charge in [0.25, 0.3) is 0 Å². The lowest BCUT2D eigenvalue weighted by Gasteiger charge is -2.38. The fourth-order valence-electron chi connectivity index (χ4n) is 4.82. The van der Waals surface area contributed by atoms with Crippen molar-refractivity contribution in [1.82, 2.24) is 0 Å². The average Bonchev–Trinajstić information content (AvgIpc) is 3.34. The van der Waals surface area contributed by atoms with Crippen molar-refractivity contribution >= 4 is 17.2 Å². The molecule has 1 heterocycles. The minimum Gasteiger partial charge on any atom is -0.388 e. The van der Waals surface area contributed by atoms with Crippen LogP contribution in [0.1, 0.15) is 81.9 Å². The molecule has 3 aromatic rings. The van der Waals surface area contributed by atoms with Crippen LogP contribution in [0.4, 0.5) is 0 Å². The Kier molecular flexibility index (Phi) is 8.03. The fraction of sp³-hybridized carbons (Fsp3) is 0.355. The van der Waals surface area contributed by atoms with Gasteiger partial charge in [0, 0.05) is 10.8 Å². The molecular weight excluding hydrogens is 446 g/mol. The highest BCUT2D eigenvalue weighted by Gasteiger charge is 2.42. The van der Waals surface area contributed by atoms with Crippen LogP contribution in [-0.4, -0.2) is 5.84 Å². The summed E-state index contributed by atoms with van der Waals surface area (Å²) < 4.78 is 0. The van der Waals surface area contributed by atoms with Crippen LogP contribution in [0.25, 0.3) is 11.1 Å². The lowest BCUT2D eigenvalue weighted by molar-refractivity contribution is 0.383. The normalized spacial score (nSPS) is 14.7. The molecule has 0 saturated carbocycles. The van der Waals surface area contributed by atoms with E-state index in [0.29, 0.717) is 11.4 Å². The van der Waals surface area contributed by atoms with Crippen LogP contribution in [0.2, 0.25) is 0 Å². The molecular formula is C31H37N3S. The minimum absolute atomic E-state index is 0.0262. The first-order valence-electron chi connectivity index (χ1n) is 12.2. The van der Waals surface area contributed by atoms with Gasteiger partial charge in [-0.2, -0.15) is 5.26 Å². The Hall–Kier alpha value is -3.16. The third kappa shape index (κ3) is 5.41. The molecule has 0 bridgehead atoms. The number of thiophene rings is 1. The Balaban J connectivity index is 2.17. The van der Waals surface area contributed by atoms with Crippen LogP contribution in [0.3, 0.4) is 0 Å². The van der Waals surface area contributed by atoms with Gasteiger partial charge in [-0.15, -0.1) is 11.3 Å². The van der Waals surface area contributed by atoms with Gasteiger partial charge in [0.15, 0.2) is 0 Å². The summed E-state index contributed by atoms with van der Waals surface area (Å²) >= 11 is 1.70. The summed E-state index contributed by atoms with van der Waals surface area (Å²) in [5.41, 5.74) is 12.2. The molecule has 3 nitrogen and oxygen atoms in total. The van der Waals surface area contributed by atoms with Crippen molar-refractivity contribution < 1.29 is 0 Å². The molecule has 0 aliphatic carbocycles. The third-order valence-electron chi connectivity index (χ3n) is 7.15. The number of nitriles is 1. The van der Waals surface area contributed by atoms with E-state index >= 15 is 0 Å². The van der Waals surface area contributed by atoms with Crippen molar-refractivity contribution in [2.45, 2.75) is 71.3 Å². The van der Waals surface area contributed by atoms with Crippen LogP contribution >= 0.6 is 11.3 Å². The van der Waals surface area contributed by atoms with Gasteiger partial charge < -0.3 is 5.73 Å². The predicted octanol–water partition coefficient (Wildman–Crippen LogP) is 8.32. The molecule has 35 heavy (non-hydrogen) atoms. The Morgan fingerprint density at radius 3 is 2.29 bits per heavy atom. The number of hydrogen-bond donors (Lipinski definition) is 1. The number of aliphatic imine (C=N–C) groups is 1. The minimum atomic E-state index is -0.567. The maximum atomic E-state index is 9.34. The van der Waals surface area contributed by atoms with Crippen LogP contribution < -0.4 is 5.73 Å². The quantitative estimate of drug-likeness (QED) is 0.189. The standard InChI is InChI=1S/C31H37N3S/c1-8-30(6,7)27-15-13-24(14-16-27)29(21(3)4)31(9-2,34-22(5)33)28-18-26(20-35-28)25-12-10-11-23(17-25)19-32/h10-18,20,29H,3,8-9H2,1-2,4-7H3,(H2,33,34)/t29-,31-/m1/s1. The van der Waals surface area contributed by atoms with Gasteiger partial charge in [-0.05, 0) is 77.9 Å². The molecule has 0 saturated heterocycles. The molecule has 0 aliphatic heterocycles. The van der Waals surface area contributed by atoms with Gasteiger partial charge in [-0.1, -0.05) is 76.2 Å². The molecule has 2 aromatic carbocycles. The Morgan fingerprint density at radius 2 is 1.74 bits per heavy atom. The van der Waals surface area contributed by atoms with Gasteiger partial charge in [0.1, 0.15) is 5.54 Å². The summed E-state index contributed by atoms with van der Waals surface area (Å²) in [5.74, 6) is 0.532. The highest BCUT2D eigenvalue weighted by molar-refractivity contribution is 7.10. The lowest BCUT2D eigenvalue weighted by Crippen LogP contribution is -2.33. The van der Waals surface area contributed by atoms with E-state index < -0.39 is 5.54 Å². The van der Waals surface area contributed by atoms with Gasteiger partial charge in [-0.3, -0.25) is 4.99 Å². The monoisotopic (exact) mass is 483 g/mol. The second-order valence-corrected chi connectivity index (χ2v) is 11.0. The van der Waals surface area contributed by atoms with Gasteiger partial charge in [0.05, 0.1) is 17.5 Å². The van der Waals surface area contributed by atoms with E-state index in [1.165, 1.54) is 11.1 Å². The zero-order valence-corrected chi connectivity index (χ0v) is 22.7.